The minimum absolute atomic E-state index is 1.12. The van der Waals surface area contributed by atoms with E-state index in [4.69, 9.17) is 0 Å². The second kappa shape index (κ2) is 4.90. The highest BCUT2D eigenvalue weighted by Gasteiger charge is 2.03. The van der Waals surface area contributed by atoms with E-state index in [0.717, 1.165) is 13.0 Å². The smallest absolute Gasteiger partial charge is 0.0396 e. The number of benzene rings is 1. The lowest BCUT2D eigenvalue weighted by atomic mass is 10.1. The second-order valence-corrected chi connectivity index (χ2v) is 3.40. The highest BCUT2D eigenvalue weighted by atomic mass is 15.1. The van der Waals surface area contributed by atoms with Crippen LogP contribution in [0.25, 0.3) is 0 Å². The van der Waals surface area contributed by atoms with Gasteiger partial charge in [0.05, 0.1) is 0 Å². The van der Waals surface area contributed by atoms with Gasteiger partial charge in [-0.2, -0.15) is 0 Å². The monoisotopic (exact) mass is 177 g/mol. The van der Waals surface area contributed by atoms with E-state index in [1.165, 1.54) is 17.7 Å². The molecule has 0 N–H and O–H groups in total. The first-order valence-electron chi connectivity index (χ1n) is 5.08. The number of anilines is 1. The van der Waals surface area contributed by atoms with Crippen LogP contribution in [0.15, 0.2) is 24.3 Å². The molecule has 0 heterocycles. The molecule has 1 rings (SSSR count). The first-order chi connectivity index (χ1) is 6.29. The normalized spacial score (nSPS) is 10.1. The lowest BCUT2D eigenvalue weighted by molar-refractivity contribution is 0.845. The molecule has 0 saturated carbocycles. The van der Waals surface area contributed by atoms with Crippen molar-refractivity contribution in [3.63, 3.8) is 0 Å². The zero-order valence-electron chi connectivity index (χ0n) is 8.88. The number of para-hydroxylation sites is 1. The molecule has 1 aromatic rings. The Morgan fingerprint density at radius 3 is 2.46 bits per heavy atom. The third-order valence-electron chi connectivity index (χ3n) is 2.34. The van der Waals surface area contributed by atoms with Gasteiger partial charge in [0.2, 0.25) is 0 Å². The third-order valence-corrected chi connectivity index (χ3v) is 2.34. The van der Waals surface area contributed by atoms with Crippen molar-refractivity contribution in [1.82, 2.24) is 0 Å². The lowest BCUT2D eigenvalue weighted by Crippen LogP contribution is -2.18. The van der Waals surface area contributed by atoms with E-state index in [1.807, 2.05) is 0 Å². The summed E-state index contributed by atoms with van der Waals surface area (Å²) < 4.78 is 0. The van der Waals surface area contributed by atoms with E-state index in [9.17, 15) is 0 Å². The quantitative estimate of drug-likeness (QED) is 0.683. The van der Waals surface area contributed by atoms with Crippen LogP contribution in [-0.2, 0) is 6.42 Å². The van der Waals surface area contributed by atoms with Crippen molar-refractivity contribution >= 4 is 5.69 Å². The van der Waals surface area contributed by atoms with Crippen LogP contribution in [0.3, 0.4) is 0 Å². The van der Waals surface area contributed by atoms with Gasteiger partial charge in [-0.3, -0.25) is 0 Å². The van der Waals surface area contributed by atoms with E-state index in [0.29, 0.717) is 0 Å². The van der Waals surface area contributed by atoms with E-state index in [2.05, 4.69) is 50.1 Å². The topological polar surface area (TPSA) is 3.24 Å². The highest BCUT2D eigenvalue weighted by molar-refractivity contribution is 5.52. The molecule has 1 aromatic carbocycles. The summed E-state index contributed by atoms with van der Waals surface area (Å²) >= 11 is 0. The molecular formula is C12H19N. The van der Waals surface area contributed by atoms with E-state index in [-0.39, 0.29) is 0 Å². The van der Waals surface area contributed by atoms with Gasteiger partial charge in [0.1, 0.15) is 0 Å². The molecule has 0 fully saturated rings. The Kier molecular flexibility index (Phi) is 3.81. The van der Waals surface area contributed by atoms with Gasteiger partial charge in [0.15, 0.2) is 0 Å². The Hall–Kier alpha value is -0.980. The Bertz CT molecular complexity index is 255. The molecule has 0 saturated heterocycles. The van der Waals surface area contributed by atoms with Crippen molar-refractivity contribution in [3.8, 4) is 0 Å². The summed E-state index contributed by atoms with van der Waals surface area (Å²) in [6.07, 6.45) is 2.32. The molecule has 0 aliphatic heterocycles. The standard InChI is InChI=1S/C12H19N/c1-4-10-13(3)12-9-7-6-8-11(12)5-2/h6-9H,4-5,10H2,1-3H3. The van der Waals surface area contributed by atoms with E-state index >= 15 is 0 Å². The molecule has 0 bridgehead atoms. The molecule has 0 unspecified atom stereocenters. The van der Waals surface area contributed by atoms with Crippen LogP contribution in [-0.4, -0.2) is 13.6 Å². The van der Waals surface area contributed by atoms with Gasteiger partial charge < -0.3 is 4.90 Å². The van der Waals surface area contributed by atoms with E-state index < -0.39 is 0 Å². The van der Waals surface area contributed by atoms with Crippen molar-refractivity contribution in [2.75, 3.05) is 18.5 Å². The summed E-state index contributed by atoms with van der Waals surface area (Å²) in [7, 11) is 2.16. The summed E-state index contributed by atoms with van der Waals surface area (Å²) in [6, 6.07) is 8.64. The molecule has 0 aliphatic carbocycles. The van der Waals surface area contributed by atoms with Gasteiger partial charge in [-0.05, 0) is 24.5 Å². The predicted octanol–water partition coefficient (Wildman–Crippen LogP) is 3.10. The Balaban J connectivity index is 2.85. The van der Waals surface area contributed by atoms with Crippen molar-refractivity contribution < 1.29 is 0 Å². The van der Waals surface area contributed by atoms with Crippen LogP contribution in [0.4, 0.5) is 5.69 Å². The van der Waals surface area contributed by atoms with Crippen molar-refractivity contribution in [2.45, 2.75) is 26.7 Å². The maximum Gasteiger partial charge on any atom is 0.0396 e. The SMILES string of the molecule is CCCN(C)c1ccccc1CC. The third kappa shape index (κ3) is 2.48. The number of hydrogen-bond acceptors (Lipinski definition) is 1. The molecule has 0 aliphatic rings. The highest BCUT2D eigenvalue weighted by Crippen LogP contribution is 2.19. The van der Waals surface area contributed by atoms with Gasteiger partial charge in [0.25, 0.3) is 0 Å². The lowest BCUT2D eigenvalue weighted by Gasteiger charge is -2.21. The van der Waals surface area contributed by atoms with Crippen LogP contribution in [0.5, 0.6) is 0 Å². The first kappa shape index (κ1) is 10.1. The molecule has 0 spiro atoms. The zero-order chi connectivity index (χ0) is 9.68. The summed E-state index contributed by atoms with van der Waals surface area (Å²) in [6.45, 7) is 5.56. The number of rotatable bonds is 4. The summed E-state index contributed by atoms with van der Waals surface area (Å²) in [5, 5.41) is 0. The van der Waals surface area contributed by atoms with Gasteiger partial charge >= 0.3 is 0 Å². The van der Waals surface area contributed by atoms with Crippen LogP contribution >= 0.6 is 0 Å². The summed E-state index contributed by atoms with van der Waals surface area (Å²) in [5.74, 6) is 0. The number of nitrogens with zero attached hydrogens (tertiary/aromatic N) is 1. The van der Waals surface area contributed by atoms with Crippen molar-refractivity contribution in [1.29, 1.82) is 0 Å². The molecule has 72 valence electrons. The van der Waals surface area contributed by atoms with Gasteiger partial charge in [-0.15, -0.1) is 0 Å². The fourth-order valence-corrected chi connectivity index (χ4v) is 1.64. The summed E-state index contributed by atoms with van der Waals surface area (Å²) in [4.78, 5) is 2.33. The van der Waals surface area contributed by atoms with Crippen LogP contribution in [0.2, 0.25) is 0 Å². The molecule has 0 atom stereocenters. The first-order valence-corrected chi connectivity index (χ1v) is 5.08. The van der Waals surface area contributed by atoms with Gasteiger partial charge in [-0.25, -0.2) is 0 Å². The van der Waals surface area contributed by atoms with Crippen molar-refractivity contribution in [2.24, 2.45) is 0 Å². The number of hydrogen-bond donors (Lipinski definition) is 0. The molecule has 1 nitrogen and oxygen atoms in total. The van der Waals surface area contributed by atoms with Crippen LogP contribution in [0.1, 0.15) is 25.8 Å². The average molecular weight is 177 g/mol. The van der Waals surface area contributed by atoms with Crippen molar-refractivity contribution in [3.05, 3.63) is 29.8 Å². The molecule has 0 amide bonds. The molecule has 0 aromatic heterocycles. The molecule has 1 heteroatoms. The van der Waals surface area contributed by atoms with Gasteiger partial charge in [0, 0.05) is 19.3 Å². The maximum absolute atomic E-state index is 2.33. The summed E-state index contributed by atoms with van der Waals surface area (Å²) in [5.41, 5.74) is 2.82. The number of aryl methyl sites for hydroxylation is 1. The fraction of sp³-hybridized carbons (Fsp3) is 0.500. The maximum atomic E-state index is 2.33. The van der Waals surface area contributed by atoms with Gasteiger partial charge in [-0.1, -0.05) is 32.0 Å². The predicted molar refractivity (Wildman–Crippen MR) is 59.4 cm³/mol. The van der Waals surface area contributed by atoms with E-state index in [1.54, 1.807) is 0 Å². The zero-order valence-corrected chi connectivity index (χ0v) is 8.88. The second-order valence-electron chi connectivity index (χ2n) is 3.40. The Morgan fingerprint density at radius 2 is 1.85 bits per heavy atom. The molecule has 13 heavy (non-hydrogen) atoms. The Labute approximate surface area is 81.4 Å². The van der Waals surface area contributed by atoms with Crippen LogP contribution < -0.4 is 4.90 Å². The molecular weight excluding hydrogens is 158 g/mol. The Morgan fingerprint density at radius 1 is 1.15 bits per heavy atom. The largest absolute Gasteiger partial charge is 0.374 e. The minimum atomic E-state index is 1.12. The van der Waals surface area contributed by atoms with Crippen LogP contribution in [0, 0.1) is 0 Å². The molecule has 0 radical (unpaired) electrons. The minimum Gasteiger partial charge on any atom is -0.374 e. The average Bonchev–Trinajstić information content (AvgIpc) is 2.18. The fourth-order valence-electron chi connectivity index (χ4n) is 1.64.